The number of amides is 2. The zero-order valence-corrected chi connectivity index (χ0v) is 20.8. The highest BCUT2D eigenvalue weighted by Crippen LogP contribution is 2.27. The Morgan fingerprint density at radius 2 is 1.47 bits per heavy atom. The molecule has 0 saturated carbocycles. The van der Waals surface area contributed by atoms with Crippen LogP contribution in [0.2, 0.25) is 0 Å². The predicted molar refractivity (Wildman–Crippen MR) is 131 cm³/mol. The van der Waals surface area contributed by atoms with E-state index >= 15 is 0 Å². The zero-order valence-electron chi connectivity index (χ0n) is 20.8. The molecule has 0 spiro atoms. The number of nitrogens with one attached hydrogen (secondary N) is 1. The second-order valence-corrected chi connectivity index (χ2v) is 7.78. The molecule has 0 radical (unpaired) electrons. The van der Waals surface area contributed by atoms with E-state index in [9.17, 15) is 9.59 Å². The summed E-state index contributed by atoms with van der Waals surface area (Å²) in [5, 5.41) is 2.95. The molecular weight excluding hydrogens is 436 g/mol. The van der Waals surface area contributed by atoms with Crippen LogP contribution in [0, 0.1) is 0 Å². The van der Waals surface area contributed by atoms with Crippen LogP contribution < -0.4 is 24.3 Å². The molecule has 0 saturated heterocycles. The molecule has 0 heterocycles. The third-order valence-electron chi connectivity index (χ3n) is 5.41. The Labute approximate surface area is 202 Å². The molecule has 8 heteroatoms. The van der Waals surface area contributed by atoms with E-state index in [1.165, 1.54) is 0 Å². The van der Waals surface area contributed by atoms with E-state index in [0.717, 1.165) is 24.2 Å². The fourth-order valence-electron chi connectivity index (χ4n) is 3.45. The molecule has 2 aromatic carbocycles. The van der Waals surface area contributed by atoms with E-state index in [1.807, 2.05) is 31.2 Å². The molecule has 0 fully saturated rings. The molecule has 0 aliphatic rings. The maximum absolute atomic E-state index is 13.3. The Hall–Kier alpha value is -3.42. The van der Waals surface area contributed by atoms with Gasteiger partial charge in [0.1, 0.15) is 29.0 Å². The van der Waals surface area contributed by atoms with Crippen molar-refractivity contribution in [3.05, 3.63) is 48.0 Å². The SMILES string of the molecule is CCCCNC(=O)C(CC)N(Cc1ccc(OC)cc1)C(=O)COc1cc(OC)cc(OC)c1. The smallest absolute Gasteiger partial charge is 0.261 e. The number of unbranched alkanes of at least 4 members (excludes halogenated alkanes) is 1. The standard InChI is InChI=1S/C26H36N2O6/c1-6-8-13-27-26(30)24(7-2)28(17-19-9-11-20(31-3)12-10-19)25(29)18-34-23-15-21(32-4)14-22(16-23)33-5/h9-12,14-16,24H,6-8,13,17-18H2,1-5H3,(H,27,30). The van der Waals surface area contributed by atoms with Crippen LogP contribution in [-0.4, -0.2) is 57.2 Å². The van der Waals surface area contributed by atoms with Gasteiger partial charge in [0.2, 0.25) is 5.91 Å². The monoisotopic (exact) mass is 472 g/mol. The Balaban J connectivity index is 2.22. The van der Waals surface area contributed by atoms with Crippen molar-refractivity contribution >= 4 is 11.8 Å². The van der Waals surface area contributed by atoms with Gasteiger partial charge in [0.25, 0.3) is 5.91 Å². The lowest BCUT2D eigenvalue weighted by atomic mass is 10.1. The minimum Gasteiger partial charge on any atom is -0.497 e. The summed E-state index contributed by atoms with van der Waals surface area (Å²) < 4.78 is 21.5. The van der Waals surface area contributed by atoms with E-state index in [-0.39, 0.29) is 25.0 Å². The van der Waals surface area contributed by atoms with Gasteiger partial charge in [0.05, 0.1) is 21.3 Å². The number of benzene rings is 2. The second kappa shape index (κ2) is 14.0. The number of rotatable bonds is 14. The van der Waals surface area contributed by atoms with Gasteiger partial charge in [-0.2, -0.15) is 0 Å². The number of nitrogens with zero attached hydrogens (tertiary/aromatic N) is 1. The molecule has 1 unspecified atom stereocenters. The fourth-order valence-corrected chi connectivity index (χ4v) is 3.45. The lowest BCUT2D eigenvalue weighted by molar-refractivity contribution is -0.143. The number of ether oxygens (including phenoxy) is 4. The van der Waals surface area contributed by atoms with Crippen LogP contribution in [0.25, 0.3) is 0 Å². The number of carbonyl (C=O) groups is 2. The second-order valence-electron chi connectivity index (χ2n) is 7.78. The zero-order chi connectivity index (χ0) is 24.9. The van der Waals surface area contributed by atoms with Crippen molar-refractivity contribution in [1.29, 1.82) is 0 Å². The summed E-state index contributed by atoms with van der Waals surface area (Å²) in [6.07, 6.45) is 2.34. The minimum absolute atomic E-state index is 0.166. The molecule has 0 bridgehead atoms. The lowest BCUT2D eigenvalue weighted by Gasteiger charge is -2.30. The Kier molecular flexibility index (Phi) is 11.0. The minimum atomic E-state index is -0.616. The molecule has 8 nitrogen and oxygen atoms in total. The molecule has 2 aromatic rings. The molecule has 34 heavy (non-hydrogen) atoms. The molecule has 1 N–H and O–H groups in total. The fraction of sp³-hybridized carbons (Fsp3) is 0.462. The van der Waals surface area contributed by atoms with Crippen LogP contribution in [0.5, 0.6) is 23.0 Å². The van der Waals surface area contributed by atoms with E-state index in [1.54, 1.807) is 44.4 Å². The Morgan fingerprint density at radius 1 is 0.882 bits per heavy atom. The molecule has 0 aromatic heterocycles. The van der Waals surface area contributed by atoms with Crippen molar-refractivity contribution in [3.8, 4) is 23.0 Å². The third kappa shape index (κ3) is 7.86. The first kappa shape index (κ1) is 26.8. The number of hydrogen-bond acceptors (Lipinski definition) is 6. The van der Waals surface area contributed by atoms with Crippen molar-refractivity contribution in [3.63, 3.8) is 0 Å². The van der Waals surface area contributed by atoms with Gasteiger partial charge < -0.3 is 29.2 Å². The average Bonchev–Trinajstić information content (AvgIpc) is 2.87. The maximum atomic E-state index is 13.3. The highest BCUT2D eigenvalue weighted by atomic mass is 16.5. The largest absolute Gasteiger partial charge is 0.497 e. The van der Waals surface area contributed by atoms with Gasteiger partial charge in [0.15, 0.2) is 6.61 Å². The van der Waals surface area contributed by atoms with Crippen molar-refractivity contribution < 1.29 is 28.5 Å². The number of hydrogen-bond donors (Lipinski definition) is 1. The van der Waals surface area contributed by atoms with Gasteiger partial charge in [0, 0.05) is 31.3 Å². The van der Waals surface area contributed by atoms with Crippen molar-refractivity contribution in [2.75, 3.05) is 34.5 Å². The van der Waals surface area contributed by atoms with Crippen LogP contribution >= 0.6 is 0 Å². The summed E-state index contributed by atoms with van der Waals surface area (Å²) in [6, 6.07) is 11.9. The Morgan fingerprint density at radius 3 is 2.00 bits per heavy atom. The molecule has 0 aliphatic carbocycles. The van der Waals surface area contributed by atoms with Crippen LogP contribution in [0.4, 0.5) is 0 Å². The quantitative estimate of drug-likeness (QED) is 0.421. The predicted octanol–water partition coefficient (Wildman–Crippen LogP) is 3.81. The van der Waals surface area contributed by atoms with Crippen molar-refractivity contribution in [1.82, 2.24) is 10.2 Å². The van der Waals surface area contributed by atoms with E-state index in [4.69, 9.17) is 18.9 Å². The highest BCUT2D eigenvalue weighted by Gasteiger charge is 2.29. The summed E-state index contributed by atoms with van der Waals surface area (Å²) in [5.74, 6) is 1.81. The molecule has 2 rings (SSSR count). The van der Waals surface area contributed by atoms with E-state index < -0.39 is 6.04 Å². The first-order valence-corrected chi connectivity index (χ1v) is 11.5. The molecule has 2 amide bonds. The van der Waals surface area contributed by atoms with Gasteiger partial charge in [-0.15, -0.1) is 0 Å². The maximum Gasteiger partial charge on any atom is 0.261 e. The van der Waals surface area contributed by atoms with Crippen LogP contribution in [-0.2, 0) is 16.1 Å². The topological polar surface area (TPSA) is 86.3 Å². The first-order chi connectivity index (χ1) is 16.4. The normalized spacial score (nSPS) is 11.3. The molecule has 186 valence electrons. The summed E-state index contributed by atoms with van der Waals surface area (Å²) in [5.41, 5.74) is 0.886. The summed E-state index contributed by atoms with van der Waals surface area (Å²) in [7, 11) is 4.69. The lowest BCUT2D eigenvalue weighted by Crippen LogP contribution is -2.50. The van der Waals surface area contributed by atoms with E-state index in [2.05, 4.69) is 12.2 Å². The van der Waals surface area contributed by atoms with Crippen LogP contribution in [0.3, 0.4) is 0 Å². The summed E-state index contributed by atoms with van der Waals surface area (Å²) >= 11 is 0. The molecular formula is C26H36N2O6. The first-order valence-electron chi connectivity index (χ1n) is 11.5. The van der Waals surface area contributed by atoms with Gasteiger partial charge in [-0.05, 0) is 30.5 Å². The number of methoxy groups -OCH3 is 3. The highest BCUT2D eigenvalue weighted by molar-refractivity contribution is 5.88. The van der Waals surface area contributed by atoms with Crippen LogP contribution in [0.1, 0.15) is 38.7 Å². The van der Waals surface area contributed by atoms with Crippen molar-refractivity contribution in [2.24, 2.45) is 0 Å². The average molecular weight is 473 g/mol. The van der Waals surface area contributed by atoms with Crippen molar-refractivity contribution in [2.45, 2.75) is 45.7 Å². The van der Waals surface area contributed by atoms with Crippen LogP contribution in [0.15, 0.2) is 42.5 Å². The van der Waals surface area contributed by atoms with Gasteiger partial charge in [-0.3, -0.25) is 9.59 Å². The molecule has 0 aliphatic heterocycles. The number of carbonyl (C=O) groups excluding carboxylic acids is 2. The third-order valence-corrected chi connectivity index (χ3v) is 5.41. The summed E-state index contributed by atoms with van der Waals surface area (Å²) in [4.78, 5) is 27.8. The van der Waals surface area contributed by atoms with E-state index in [0.29, 0.717) is 30.2 Å². The summed E-state index contributed by atoms with van der Waals surface area (Å²) in [6.45, 7) is 4.58. The van der Waals surface area contributed by atoms with Gasteiger partial charge in [-0.25, -0.2) is 0 Å². The Bertz CT molecular complexity index is 894. The van der Waals surface area contributed by atoms with Gasteiger partial charge in [-0.1, -0.05) is 32.4 Å². The molecule has 1 atom stereocenters. The van der Waals surface area contributed by atoms with Gasteiger partial charge >= 0.3 is 0 Å².